The summed E-state index contributed by atoms with van der Waals surface area (Å²) in [6.07, 6.45) is 3.63. The molecule has 1 aromatic rings. The topological polar surface area (TPSA) is 73.1 Å². The van der Waals surface area contributed by atoms with E-state index in [1.807, 2.05) is 6.07 Å². The third-order valence-corrected chi connectivity index (χ3v) is 2.70. The lowest BCUT2D eigenvalue weighted by atomic mass is 9.92. The minimum atomic E-state index is 0.0546. The zero-order valence-corrected chi connectivity index (χ0v) is 8.86. The highest BCUT2D eigenvalue weighted by Crippen LogP contribution is 2.24. The monoisotopic (exact) mass is 208 g/mol. The van der Waals surface area contributed by atoms with Gasteiger partial charge in [-0.1, -0.05) is 0 Å². The van der Waals surface area contributed by atoms with E-state index < -0.39 is 0 Å². The van der Waals surface area contributed by atoms with Crippen LogP contribution in [-0.2, 0) is 4.74 Å². The number of nitrogens with two attached hydrogens (primary N) is 1. The predicted molar refractivity (Wildman–Crippen MR) is 58.5 cm³/mol. The largest absolute Gasteiger partial charge is 0.381 e. The van der Waals surface area contributed by atoms with Gasteiger partial charge in [0, 0.05) is 24.9 Å². The van der Waals surface area contributed by atoms with Crippen molar-refractivity contribution in [2.45, 2.75) is 25.3 Å². The van der Waals surface area contributed by atoms with Crippen LogP contribution in [0.2, 0.25) is 0 Å². The molecule has 1 aliphatic heterocycles. The lowest BCUT2D eigenvalue weighted by Gasteiger charge is -2.34. The summed E-state index contributed by atoms with van der Waals surface area (Å²) in [5, 5.41) is 3.39. The number of nitrogen functional groups attached to an aromatic ring is 1. The smallest absolute Gasteiger partial charge is 0.221 e. The van der Waals surface area contributed by atoms with Gasteiger partial charge in [0.2, 0.25) is 5.95 Å². The Kier molecular flexibility index (Phi) is 2.73. The van der Waals surface area contributed by atoms with Crippen molar-refractivity contribution >= 4 is 11.8 Å². The average Bonchev–Trinajstić information content (AvgIpc) is 2.18. The second-order valence-corrected chi connectivity index (χ2v) is 4.10. The van der Waals surface area contributed by atoms with Crippen molar-refractivity contribution in [2.24, 2.45) is 0 Å². The van der Waals surface area contributed by atoms with Gasteiger partial charge in [-0.15, -0.1) is 0 Å². The Balaban J connectivity index is 2.06. The summed E-state index contributed by atoms with van der Waals surface area (Å²) in [5.41, 5.74) is 5.57. The van der Waals surface area contributed by atoms with Gasteiger partial charge >= 0.3 is 0 Å². The van der Waals surface area contributed by atoms with Gasteiger partial charge in [0.05, 0.1) is 0 Å². The van der Waals surface area contributed by atoms with E-state index in [1.54, 1.807) is 6.20 Å². The Morgan fingerprint density at radius 3 is 2.87 bits per heavy atom. The fourth-order valence-corrected chi connectivity index (χ4v) is 1.70. The maximum atomic E-state index is 5.52. The molecule has 0 atom stereocenters. The highest BCUT2D eigenvalue weighted by atomic mass is 16.5. The van der Waals surface area contributed by atoms with Crippen LogP contribution in [0.5, 0.6) is 0 Å². The Morgan fingerprint density at radius 1 is 1.47 bits per heavy atom. The molecule has 2 heterocycles. The lowest BCUT2D eigenvalue weighted by molar-refractivity contribution is 0.0657. The van der Waals surface area contributed by atoms with Crippen LogP contribution < -0.4 is 11.1 Å². The molecule has 3 N–H and O–H groups in total. The van der Waals surface area contributed by atoms with Gasteiger partial charge in [-0.2, -0.15) is 4.98 Å². The van der Waals surface area contributed by atoms with Crippen LogP contribution in [-0.4, -0.2) is 28.7 Å². The SMILES string of the molecule is CC1(Nc2ccnc(N)n2)CCOCC1. The Bertz CT molecular complexity index is 336. The van der Waals surface area contributed by atoms with Crippen LogP contribution in [0.4, 0.5) is 11.8 Å². The third kappa shape index (κ3) is 2.56. The van der Waals surface area contributed by atoms with Gasteiger partial charge in [-0.3, -0.25) is 0 Å². The number of ether oxygens (including phenoxy) is 1. The van der Waals surface area contributed by atoms with Crippen LogP contribution >= 0.6 is 0 Å². The van der Waals surface area contributed by atoms with E-state index >= 15 is 0 Å². The number of hydrogen-bond donors (Lipinski definition) is 2. The van der Waals surface area contributed by atoms with E-state index in [2.05, 4.69) is 22.2 Å². The molecule has 82 valence electrons. The second kappa shape index (κ2) is 4.02. The van der Waals surface area contributed by atoms with Crippen molar-refractivity contribution in [3.8, 4) is 0 Å². The average molecular weight is 208 g/mol. The van der Waals surface area contributed by atoms with Crippen LogP contribution in [0.1, 0.15) is 19.8 Å². The molecule has 2 rings (SSSR count). The highest BCUT2D eigenvalue weighted by molar-refractivity contribution is 5.40. The minimum absolute atomic E-state index is 0.0546. The van der Waals surface area contributed by atoms with Gasteiger partial charge < -0.3 is 15.8 Å². The Labute approximate surface area is 89.1 Å². The third-order valence-electron chi connectivity index (χ3n) is 2.70. The van der Waals surface area contributed by atoms with Crippen molar-refractivity contribution in [3.05, 3.63) is 12.3 Å². The van der Waals surface area contributed by atoms with Gasteiger partial charge in [0.25, 0.3) is 0 Å². The first-order chi connectivity index (χ1) is 7.18. The van der Waals surface area contributed by atoms with E-state index in [0.29, 0.717) is 5.95 Å². The van der Waals surface area contributed by atoms with Gasteiger partial charge in [0.1, 0.15) is 5.82 Å². The van der Waals surface area contributed by atoms with Crippen molar-refractivity contribution in [3.63, 3.8) is 0 Å². The molecule has 0 amide bonds. The highest BCUT2D eigenvalue weighted by Gasteiger charge is 2.27. The second-order valence-electron chi connectivity index (χ2n) is 4.10. The molecular weight excluding hydrogens is 192 g/mol. The maximum Gasteiger partial charge on any atom is 0.221 e. The molecule has 0 unspecified atom stereocenters. The van der Waals surface area contributed by atoms with Gasteiger partial charge in [-0.25, -0.2) is 4.98 Å². The standard InChI is InChI=1S/C10H16N4O/c1-10(3-6-15-7-4-10)14-8-2-5-12-9(11)13-8/h2,5H,3-4,6-7H2,1H3,(H3,11,12,13,14). The number of rotatable bonds is 2. The van der Waals surface area contributed by atoms with Crippen molar-refractivity contribution in [1.82, 2.24) is 9.97 Å². The van der Waals surface area contributed by atoms with Crippen LogP contribution in [0.25, 0.3) is 0 Å². The molecule has 15 heavy (non-hydrogen) atoms. The van der Waals surface area contributed by atoms with Crippen molar-refractivity contribution in [2.75, 3.05) is 24.3 Å². The summed E-state index contributed by atoms with van der Waals surface area (Å²) in [4.78, 5) is 7.98. The van der Waals surface area contributed by atoms with E-state index in [0.717, 1.165) is 31.9 Å². The van der Waals surface area contributed by atoms with E-state index in [9.17, 15) is 0 Å². The zero-order valence-electron chi connectivity index (χ0n) is 8.86. The maximum absolute atomic E-state index is 5.52. The molecule has 0 aromatic carbocycles. The van der Waals surface area contributed by atoms with Gasteiger partial charge in [-0.05, 0) is 25.8 Å². The summed E-state index contributed by atoms with van der Waals surface area (Å²) in [6, 6.07) is 1.83. The first-order valence-corrected chi connectivity index (χ1v) is 5.12. The fraction of sp³-hybridized carbons (Fsp3) is 0.600. The molecular formula is C10H16N4O. The van der Waals surface area contributed by atoms with E-state index in [-0.39, 0.29) is 5.54 Å². The normalized spacial score (nSPS) is 19.8. The zero-order chi connectivity index (χ0) is 10.7. The number of anilines is 2. The quantitative estimate of drug-likeness (QED) is 0.759. The van der Waals surface area contributed by atoms with Crippen molar-refractivity contribution < 1.29 is 4.74 Å². The minimum Gasteiger partial charge on any atom is -0.381 e. The van der Waals surface area contributed by atoms with E-state index in [4.69, 9.17) is 10.5 Å². The molecule has 0 bridgehead atoms. The van der Waals surface area contributed by atoms with Gasteiger partial charge in [0.15, 0.2) is 0 Å². The number of aromatic nitrogens is 2. The molecule has 0 aliphatic carbocycles. The molecule has 0 radical (unpaired) electrons. The summed E-state index contributed by atoms with van der Waals surface area (Å²) >= 11 is 0. The predicted octanol–water partition coefficient (Wildman–Crippen LogP) is 1.04. The molecule has 1 fully saturated rings. The number of nitrogens with zero attached hydrogens (tertiary/aromatic N) is 2. The molecule has 0 saturated carbocycles. The van der Waals surface area contributed by atoms with E-state index in [1.165, 1.54) is 0 Å². The Hall–Kier alpha value is -1.36. The molecule has 1 aliphatic rings. The first kappa shape index (κ1) is 10.2. The molecule has 1 aromatic heterocycles. The van der Waals surface area contributed by atoms with Crippen LogP contribution in [0.15, 0.2) is 12.3 Å². The fourth-order valence-electron chi connectivity index (χ4n) is 1.70. The molecule has 0 spiro atoms. The lowest BCUT2D eigenvalue weighted by Crippen LogP contribution is -2.40. The van der Waals surface area contributed by atoms with Crippen molar-refractivity contribution in [1.29, 1.82) is 0 Å². The number of nitrogens with one attached hydrogen (secondary N) is 1. The summed E-state index contributed by atoms with van der Waals surface area (Å²) in [5.74, 6) is 1.09. The number of hydrogen-bond acceptors (Lipinski definition) is 5. The summed E-state index contributed by atoms with van der Waals surface area (Å²) in [6.45, 7) is 3.77. The summed E-state index contributed by atoms with van der Waals surface area (Å²) < 4.78 is 5.33. The van der Waals surface area contributed by atoms with Crippen LogP contribution in [0.3, 0.4) is 0 Å². The molecule has 1 saturated heterocycles. The Morgan fingerprint density at radius 2 is 2.20 bits per heavy atom. The molecule has 5 heteroatoms. The van der Waals surface area contributed by atoms with Crippen LogP contribution in [0, 0.1) is 0 Å². The first-order valence-electron chi connectivity index (χ1n) is 5.12. The summed E-state index contributed by atoms with van der Waals surface area (Å²) in [7, 11) is 0. The molecule has 5 nitrogen and oxygen atoms in total.